The van der Waals surface area contributed by atoms with Crippen molar-refractivity contribution in [1.29, 1.82) is 0 Å². The van der Waals surface area contributed by atoms with E-state index >= 15 is 0 Å². The van der Waals surface area contributed by atoms with E-state index in [0.717, 1.165) is 5.56 Å². The van der Waals surface area contributed by atoms with Gasteiger partial charge in [0.2, 0.25) is 5.78 Å². The van der Waals surface area contributed by atoms with Crippen LogP contribution in [-0.4, -0.2) is 17.8 Å². The molecule has 3 heteroatoms. The predicted molar refractivity (Wildman–Crippen MR) is 82.9 cm³/mol. The molecule has 0 fully saturated rings. The molecule has 0 N–H and O–H groups in total. The second-order valence-electron chi connectivity index (χ2n) is 4.53. The SMILES string of the molecule is C[S+](=O)(C#Cc1ccccc1)CC(=O)c1ccccc1. The average molecular weight is 283 g/mol. The van der Waals surface area contributed by atoms with Crippen LogP contribution in [0.5, 0.6) is 0 Å². The molecule has 2 nitrogen and oxygen atoms in total. The van der Waals surface area contributed by atoms with Crippen LogP contribution in [-0.2, 0) is 14.1 Å². The summed E-state index contributed by atoms with van der Waals surface area (Å²) in [6.45, 7) is 0. The lowest BCUT2D eigenvalue weighted by Crippen LogP contribution is -2.19. The fourth-order valence-corrected chi connectivity index (χ4v) is 2.75. The smallest absolute Gasteiger partial charge is 0.212 e. The number of hydrogen-bond acceptors (Lipinski definition) is 2. The van der Waals surface area contributed by atoms with Crippen molar-refractivity contribution in [3.05, 3.63) is 71.8 Å². The Morgan fingerprint density at radius 2 is 1.55 bits per heavy atom. The maximum absolute atomic E-state index is 12.3. The minimum absolute atomic E-state index is 0.0448. The lowest BCUT2D eigenvalue weighted by Gasteiger charge is -1.99. The highest BCUT2D eigenvalue weighted by Crippen LogP contribution is 2.07. The van der Waals surface area contributed by atoms with Gasteiger partial charge in [0.1, 0.15) is 6.26 Å². The Bertz CT molecular complexity index is 694. The summed E-state index contributed by atoms with van der Waals surface area (Å²) in [6, 6.07) is 18.2. The van der Waals surface area contributed by atoms with Gasteiger partial charge in [0, 0.05) is 11.1 Å². The molecule has 1 unspecified atom stereocenters. The molecule has 0 saturated heterocycles. The molecule has 2 rings (SSSR count). The summed E-state index contributed by atoms with van der Waals surface area (Å²) in [7, 11) is -2.49. The number of benzene rings is 2. The molecule has 0 radical (unpaired) electrons. The summed E-state index contributed by atoms with van der Waals surface area (Å²) >= 11 is 0. The van der Waals surface area contributed by atoms with E-state index in [9.17, 15) is 9.00 Å². The summed E-state index contributed by atoms with van der Waals surface area (Å²) < 4.78 is 12.3. The second kappa shape index (κ2) is 6.31. The molecule has 2 aromatic carbocycles. The molecule has 0 heterocycles. The van der Waals surface area contributed by atoms with Crippen LogP contribution in [0.2, 0.25) is 0 Å². The van der Waals surface area contributed by atoms with E-state index < -0.39 is 9.93 Å². The van der Waals surface area contributed by atoms with Gasteiger partial charge in [-0.05, 0) is 18.1 Å². The van der Waals surface area contributed by atoms with Crippen LogP contribution in [0.1, 0.15) is 15.9 Å². The second-order valence-corrected chi connectivity index (χ2v) is 7.03. The molecule has 0 spiro atoms. The van der Waals surface area contributed by atoms with E-state index in [1.807, 2.05) is 36.4 Å². The van der Waals surface area contributed by atoms with Crippen molar-refractivity contribution >= 4 is 15.7 Å². The Labute approximate surface area is 120 Å². The van der Waals surface area contributed by atoms with Crippen LogP contribution in [0.3, 0.4) is 0 Å². The van der Waals surface area contributed by atoms with Gasteiger partial charge in [-0.3, -0.25) is 4.79 Å². The summed E-state index contributed by atoms with van der Waals surface area (Å²) in [4.78, 5) is 12.0. The van der Waals surface area contributed by atoms with Crippen molar-refractivity contribution < 1.29 is 9.00 Å². The first kappa shape index (κ1) is 14.2. The third-order valence-electron chi connectivity index (χ3n) is 2.69. The highest BCUT2D eigenvalue weighted by atomic mass is 32.2. The van der Waals surface area contributed by atoms with E-state index in [1.165, 1.54) is 6.26 Å². The first-order valence-corrected chi connectivity index (χ1v) is 8.33. The van der Waals surface area contributed by atoms with Gasteiger partial charge >= 0.3 is 0 Å². The third-order valence-corrected chi connectivity index (χ3v) is 4.03. The highest BCUT2D eigenvalue weighted by Gasteiger charge is 2.24. The molecule has 0 aromatic heterocycles. The summed E-state index contributed by atoms with van der Waals surface area (Å²) in [6.07, 6.45) is 1.53. The zero-order valence-corrected chi connectivity index (χ0v) is 12.0. The molecule has 0 saturated carbocycles. The Balaban J connectivity index is 2.11. The van der Waals surface area contributed by atoms with Crippen molar-refractivity contribution in [2.45, 2.75) is 0 Å². The van der Waals surface area contributed by atoms with Gasteiger partial charge in [-0.25, -0.2) is 0 Å². The molecule has 0 amide bonds. The number of carbonyl (C=O) groups is 1. The largest absolute Gasteiger partial charge is 0.289 e. The predicted octanol–water partition coefficient (Wildman–Crippen LogP) is 3.01. The van der Waals surface area contributed by atoms with Gasteiger partial charge in [0.15, 0.2) is 20.9 Å². The Morgan fingerprint density at radius 3 is 2.15 bits per heavy atom. The van der Waals surface area contributed by atoms with E-state index in [1.54, 1.807) is 24.3 Å². The first-order valence-electron chi connectivity index (χ1n) is 6.20. The minimum Gasteiger partial charge on any atom is -0.289 e. The summed E-state index contributed by atoms with van der Waals surface area (Å²) in [5.74, 6) is 2.68. The van der Waals surface area contributed by atoms with Crippen molar-refractivity contribution in [3.8, 4) is 11.2 Å². The third kappa shape index (κ3) is 4.18. The molecule has 0 aliphatic rings. The first-order chi connectivity index (χ1) is 9.57. The maximum Gasteiger partial charge on any atom is 0.212 e. The minimum atomic E-state index is -2.49. The molecule has 0 aliphatic heterocycles. The van der Waals surface area contributed by atoms with E-state index in [2.05, 4.69) is 11.2 Å². The standard InChI is InChI=1S/C17H15O2S/c1-20(19,13-12-15-8-4-2-5-9-15)14-17(18)16-10-6-3-7-11-16/h2-11H,14H2,1H3/q+1. The lowest BCUT2D eigenvalue weighted by molar-refractivity contribution is 0.102. The molecular weight excluding hydrogens is 268 g/mol. The number of ketones is 1. The average Bonchev–Trinajstić information content (AvgIpc) is 2.47. The molecule has 0 aliphatic carbocycles. The summed E-state index contributed by atoms with van der Waals surface area (Å²) in [5.41, 5.74) is 1.37. The van der Waals surface area contributed by atoms with E-state index in [4.69, 9.17) is 0 Å². The molecule has 1 atom stereocenters. The van der Waals surface area contributed by atoms with Gasteiger partial charge in [-0.2, -0.15) is 0 Å². The maximum atomic E-state index is 12.3. The van der Waals surface area contributed by atoms with Crippen molar-refractivity contribution in [1.82, 2.24) is 0 Å². The number of rotatable bonds is 3. The van der Waals surface area contributed by atoms with Gasteiger partial charge < -0.3 is 0 Å². The Morgan fingerprint density at radius 1 is 1.00 bits per heavy atom. The zero-order chi connectivity index (χ0) is 14.4. The fourth-order valence-electron chi connectivity index (χ4n) is 1.68. The van der Waals surface area contributed by atoms with Gasteiger partial charge in [0.05, 0.1) is 0 Å². The van der Waals surface area contributed by atoms with Crippen LogP contribution >= 0.6 is 0 Å². The van der Waals surface area contributed by atoms with Crippen LogP contribution in [0.15, 0.2) is 60.7 Å². The molecular formula is C17H15O2S+. The Hall–Kier alpha value is -2.18. The number of hydrogen-bond donors (Lipinski definition) is 0. The Kier molecular flexibility index (Phi) is 4.49. The van der Waals surface area contributed by atoms with Crippen molar-refractivity contribution in [2.24, 2.45) is 0 Å². The molecule has 100 valence electrons. The molecule has 0 bridgehead atoms. The number of carbonyl (C=O) groups excluding carboxylic acids is 1. The van der Waals surface area contributed by atoms with Gasteiger partial charge in [0.25, 0.3) is 0 Å². The fraction of sp³-hybridized carbons (Fsp3) is 0.118. The molecule has 2 aromatic rings. The van der Waals surface area contributed by atoms with Crippen molar-refractivity contribution in [3.63, 3.8) is 0 Å². The van der Waals surface area contributed by atoms with E-state index in [-0.39, 0.29) is 11.5 Å². The normalized spacial score (nSPS) is 12.8. The lowest BCUT2D eigenvalue weighted by atomic mass is 10.2. The van der Waals surface area contributed by atoms with Crippen LogP contribution < -0.4 is 0 Å². The highest BCUT2D eigenvalue weighted by molar-refractivity contribution is 8.07. The molecule has 20 heavy (non-hydrogen) atoms. The zero-order valence-electron chi connectivity index (χ0n) is 11.2. The topological polar surface area (TPSA) is 34.1 Å². The monoisotopic (exact) mass is 283 g/mol. The van der Waals surface area contributed by atoms with Crippen LogP contribution in [0.4, 0.5) is 0 Å². The van der Waals surface area contributed by atoms with Gasteiger partial charge in [-0.1, -0.05) is 52.7 Å². The summed E-state index contributed by atoms with van der Waals surface area (Å²) in [5, 5.41) is 2.73. The van der Waals surface area contributed by atoms with Gasteiger partial charge in [-0.15, -0.1) is 0 Å². The quantitative estimate of drug-likeness (QED) is 0.493. The number of Topliss-reactive ketones (excluding diaryl/α,β-unsaturated/α-hetero) is 1. The van der Waals surface area contributed by atoms with Crippen LogP contribution in [0, 0.1) is 11.2 Å². The van der Waals surface area contributed by atoms with Crippen LogP contribution in [0.25, 0.3) is 0 Å². The van der Waals surface area contributed by atoms with E-state index in [0.29, 0.717) is 5.56 Å². The van der Waals surface area contributed by atoms with Crippen molar-refractivity contribution in [2.75, 3.05) is 12.0 Å².